The summed E-state index contributed by atoms with van der Waals surface area (Å²) in [5.41, 5.74) is 1.90. The lowest BCUT2D eigenvalue weighted by Gasteiger charge is -2.09. The maximum atomic E-state index is 12.4. The van der Waals surface area contributed by atoms with Crippen molar-refractivity contribution < 1.29 is 4.74 Å². The van der Waals surface area contributed by atoms with E-state index in [1.165, 1.54) is 4.68 Å². The van der Waals surface area contributed by atoms with Gasteiger partial charge >= 0.3 is 0 Å². The minimum Gasteiger partial charge on any atom is -0.496 e. The molecule has 3 aromatic rings. The fourth-order valence-corrected chi connectivity index (χ4v) is 2.87. The van der Waals surface area contributed by atoms with E-state index < -0.39 is 5.56 Å². The van der Waals surface area contributed by atoms with Gasteiger partial charge < -0.3 is 4.74 Å². The molecule has 3 rings (SSSR count). The van der Waals surface area contributed by atoms with Crippen LogP contribution in [0, 0.1) is 25.2 Å². The fraction of sp³-hybridized carbons (Fsp3) is 0.150. The lowest BCUT2D eigenvalue weighted by Crippen LogP contribution is -2.22. The third-order valence-electron chi connectivity index (χ3n) is 4.12. The number of nitrogens with zero attached hydrogens (tertiary/aromatic N) is 3. The Balaban J connectivity index is 2.15. The summed E-state index contributed by atoms with van der Waals surface area (Å²) >= 11 is 0. The molecular formula is C20H17N3O2. The Kier molecular flexibility index (Phi) is 4.36. The van der Waals surface area contributed by atoms with Crippen molar-refractivity contribution in [2.75, 3.05) is 7.11 Å². The Morgan fingerprint density at radius 1 is 1.16 bits per heavy atom. The van der Waals surface area contributed by atoms with Gasteiger partial charge in [0, 0.05) is 16.6 Å². The standard InChI is InChI=1S/C20H17N3O2/c1-13-10-14(2)23(20(24)18(13)11-21)22-12-15-8-9-19(25-3)17-7-5-4-6-16(15)17/h4-10,12H,1-3H3/b22-12+. The Hall–Kier alpha value is -3.39. The molecular weight excluding hydrogens is 314 g/mol. The molecule has 0 atom stereocenters. The number of pyridine rings is 1. The molecule has 0 N–H and O–H groups in total. The second kappa shape index (κ2) is 6.62. The van der Waals surface area contributed by atoms with Gasteiger partial charge in [-0.05, 0) is 43.0 Å². The molecule has 5 nitrogen and oxygen atoms in total. The van der Waals surface area contributed by atoms with Gasteiger partial charge in [-0.3, -0.25) is 4.79 Å². The number of aromatic nitrogens is 1. The summed E-state index contributed by atoms with van der Waals surface area (Å²) in [7, 11) is 1.63. The molecule has 124 valence electrons. The molecule has 0 bridgehead atoms. The predicted molar refractivity (Wildman–Crippen MR) is 98.4 cm³/mol. The highest BCUT2D eigenvalue weighted by Crippen LogP contribution is 2.27. The maximum Gasteiger partial charge on any atom is 0.289 e. The average molecular weight is 331 g/mol. The van der Waals surface area contributed by atoms with Gasteiger partial charge in [0.2, 0.25) is 0 Å². The van der Waals surface area contributed by atoms with Gasteiger partial charge in [0.15, 0.2) is 0 Å². The summed E-state index contributed by atoms with van der Waals surface area (Å²) in [5, 5.41) is 15.4. The maximum absolute atomic E-state index is 12.4. The van der Waals surface area contributed by atoms with E-state index in [9.17, 15) is 4.79 Å². The van der Waals surface area contributed by atoms with Crippen LogP contribution in [0.1, 0.15) is 22.4 Å². The van der Waals surface area contributed by atoms with Crippen LogP contribution in [0.2, 0.25) is 0 Å². The number of benzene rings is 2. The minimum absolute atomic E-state index is 0.113. The van der Waals surface area contributed by atoms with Crippen molar-refractivity contribution >= 4 is 17.0 Å². The van der Waals surface area contributed by atoms with Crippen LogP contribution < -0.4 is 10.3 Å². The predicted octanol–water partition coefficient (Wildman–Crippen LogP) is 3.38. The van der Waals surface area contributed by atoms with Crippen molar-refractivity contribution in [2.24, 2.45) is 5.10 Å². The van der Waals surface area contributed by atoms with Crippen molar-refractivity contribution in [1.29, 1.82) is 5.26 Å². The van der Waals surface area contributed by atoms with Crippen molar-refractivity contribution in [3.05, 3.63) is 75.2 Å². The first-order valence-corrected chi connectivity index (χ1v) is 7.80. The van der Waals surface area contributed by atoms with Crippen molar-refractivity contribution in [1.82, 2.24) is 4.68 Å². The van der Waals surface area contributed by atoms with Gasteiger partial charge in [0.25, 0.3) is 5.56 Å². The van der Waals surface area contributed by atoms with E-state index in [1.807, 2.05) is 42.5 Å². The molecule has 1 heterocycles. The molecule has 0 aliphatic carbocycles. The number of fused-ring (bicyclic) bond motifs is 1. The molecule has 0 aliphatic rings. The highest BCUT2D eigenvalue weighted by Gasteiger charge is 2.09. The number of hydrogen-bond acceptors (Lipinski definition) is 4. The third-order valence-corrected chi connectivity index (χ3v) is 4.12. The SMILES string of the molecule is COc1ccc(/C=N/n2c(C)cc(C)c(C#N)c2=O)c2ccccc12. The van der Waals surface area contributed by atoms with Gasteiger partial charge in [0.05, 0.1) is 13.3 Å². The van der Waals surface area contributed by atoms with E-state index >= 15 is 0 Å². The fourth-order valence-electron chi connectivity index (χ4n) is 2.87. The molecule has 2 aromatic carbocycles. The van der Waals surface area contributed by atoms with Gasteiger partial charge in [-0.15, -0.1) is 0 Å². The van der Waals surface area contributed by atoms with Crippen LogP contribution in [0.15, 0.2) is 52.4 Å². The number of aryl methyl sites for hydroxylation is 2. The van der Waals surface area contributed by atoms with E-state index in [2.05, 4.69) is 5.10 Å². The topological polar surface area (TPSA) is 67.4 Å². The zero-order valence-corrected chi connectivity index (χ0v) is 14.3. The van der Waals surface area contributed by atoms with Crippen molar-refractivity contribution in [3.63, 3.8) is 0 Å². The lowest BCUT2D eigenvalue weighted by molar-refractivity contribution is 0.420. The summed E-state index contributed by atoms with van der Waals surface area (Å²) in [5.74, 6) is 0.781. The van der Waals surface area contributed by atoms with Crippen LogP contribution >= 0.6 is 0 Å². The summed E-state index contributed by atoms with van der Waals surface area (Å²) in [6.07, 6.45) is 1.63. The molecule has 0 aliphatic heterocycles. The minimum atomic E-state index is -0.408. The summed E-state index contributed by atoms with van der Waals surface area (Å²) in [6, 6.07) is 15.3. The van der Waals surface area contributed by atoms with Crippen LogP contribution in [-0.4, -0.2) is 18.0 Å². The zero-order chi connectivity index (χ0) is 18.0. The molecule has 0 radical (unpaired) electrons. The normalized spacial score (nSPS) is 11.0. The summed E-state index contributed by atoms with van der Waals surface area (Å²) < 4.78 is 6.65. The number of ether oxygens (including phenoxy) is 1. The molecule has 0 saturated carbocycles. The summed E-state index contributed by atoms with van der Waals surface area (Å²) in [6.45, 7) is 3.54. The first-order valence-electron chi connectivity index (χ1n) is 7.80. The van der Waals surface area contributed by atoms with Gasteiger partial charge in [-0.2, -0.15) is 10.4 Å². The van der Waals surface area contributed by atoms with Crippen LogP contribution in [0.25, 0.3) is 10.8 Å². The average Bonchev–Trinajstić information content (AvgIpc) is 2.61. The number of rotatable bonds is 3. The lowest BCUT2D eigenvalue weighted by atomic mass is 10.0. The Morgan fingerprint density at radius 3 is 2.56 bits per heavy atom. The number of methoxy groups -OCH3 is 1. The second-order valence-corrected chi connectivity index (χ2v) is 5.72. The smallest absolute Gasteiger partial charge is 0.289 e. The van der Waals surface area contributed by atoms with Gasteiger partial charge in [-0.25, -0.2) is 4.68 Å². The number of nitriles is 1. The molecule has 5 heteroatoms. The first kappa shape index (κ1) is 16.5. The monoisotopic (exact) mass is 331 g/mol. The van der Waals surface area contributed by atoms with E-state index in [-0.39, 0.29) is 5.56 Å². The Labute approximate surface area is 145 Å². The third kappa shape index (κ3) is 2.90. The van der Waals surface area contributed by atoms with Gasteiger partial charge in [-0.1, -0.05) is 24.3 Å². The van der Waals surface area contributed by atoms with E-state index in [4.69, 9.17) is 10.00 Å². The molecule has 0 saturated heterocycles. The highest BCUT2D eigenvalue weighted by molar-refractivity contribution is 6.02. The largest absolute Gasteiger partial charge is 0.496 e. The first-order chi connectivity index (χ1) is 12.1. The molecule has 0 spiro atoms. The van der Waals surface area contributed by atoms with Gasteiger partial charge in [0.1, 0.15) is 17.4 Å². The summed E-state index contributed by atoms with van der Waals surface area (Å²) in [4.78, 5) is 12.4. The van der Waals surface area contributed by atoms with Crippen LogP contribution in [0.3, 0.4) is 0 Å². The molecule has 1 aromatic heterocycles. The Morgan fingerprint density at radius 2 is 1.88 bits per heavy atom. The van der Waals surface area contributed by atoms with E-state index in [0.717, 1.165) is 22.1 Å². The van der Waals surface area contributed by atoms with Crippen molar-refractivity contribution in [2.45, 2.75) is 13.8 Å². The van der Waals surface area contributed by atoms with Crippen LogP contribution in [-0.2, 0) is 0 Å². The molecule has 25 heavy (non-hydrogen) atoms. The zero-order valence-electron chi connectivity index (χ0n) is 14.3. The number of hydrogen-bond donors (Lipinski definition) is 0. The van der Waals surface area contributed by atoms with E-state index in [0.29, 0.717) is 11.3 Å². The highest BCUT2D eigenvalue weighted by atomic mass is 16.5. The van der Waals surface area contributed by atoms with Crippen molar-refractivity contribution in [3.8, 4) is 11.8 Å². The Bertz CT molecular complexity index is 1090. The van der Waals surface area contributed by atoms with Crippen LogP contribution in [0.5, 0.6) is 5.75 Å². The second-order valence-electron chi connectivity index (χ2n) is 5.72. The quantitative estimate of drug-likeness (QED) is 0.691. The van der Waals surface area contributed by atoms with Crippen LogP contribution in [0.4, 0.5) is 0 Å². The molecule has 0 amide bonds. The van der Waals surface area contributed by atoms with E-state index in [1.54, 1.807) is 33.2 Å². The molecule has 0 fully saturated rings. The molecule has 0 unspecified atom stereocenters.